The van der Waals surface area contributed by atoms with Crippen LogP contribution in [0.4, 0.5) is 0 Å². The van der Waals surface area contributed by atoms with Crippen molar-refractivity contribution in [3.8, 4) is 0 Å². The second-order valence-corrected chi connectivity index (χ2v) is 9.30. The molecular formula is C17H20BrN3O2S. The molecule has 0 radical (unpaired) electrons. The van der Waals surface area contributed by atoms with E-state index in [4.69, 9.17) is 5.10 Å². The second-order valence-electron chi connectivity index (χ2n) is 6.62. The zero-order valence-electron chi connectivity index (χ0n) is 13.3. The average molecular weight is 410 g/mol. The van der Waals surface area contributed by atoms with E-state index in [0.717, 1.165) is 4.47 Å². The second kappa shape index (κ2) is 6.28. The third kappa shape index (κ3) is 3.58. The molecule has 1 aromatic carbocycles. The van der Waals surface area contributed by atoms with Gasteiger partial charge in [0.25, 0.3) is 0 Å². The number of hydrogen-bond acceptors (Lipinski definition) is 3. The van der Waals surface area contributed by atoms with Crippen molar-refractivity contribution in [1.82, 2.24) is 14.5 Å². The fraction of sp³-hybridized carbons (Fsp3) is 0.471. The van der Waals surface area contributed by atoms with Crippen LogP contribution in [0, 0.1) is 0 Å². The summed E-state index contributed by atoms with van der Waals surface area (Å²) in [4.78, 5) is 0.284. The smallest absolute Gasteiger partial charge is 0.240 e. The molecule has 4 rings (SSSR count). The average Bonchev–Trinajstić information content (AvgIpc) is 3.46. The largest absolute Gasteiger partial charge is 0.268 e. The van der Waals surface area contributed by atoms with Crippen molar-refractivity contribution in [1.29, 1.82) is 0 Å². The number of hydrogen-bond donors (Lipinski definition) is 1. The van der Waals surface area contributed by atoms with E-state index in [1.165, 1.54) is 37.1 Å². The molecule has 2 saturated carbocycles. The van der Waals surface area contributed by atoms with Crippen molar-refractivity contribution in [2.45, 2.75) is 49.0 Å². The van der Waals surface area contributed by atoms with Gasteiger partial charge in [-0.05, 0) is 56.0 Å². The van der Waals surface area contributed by atoms with Gasteiger partial charge in [0.2, 0.25) is 10.0 Å². The molecule has 2 aliphatic rings. The maximum atomic E-state index is 12.3. The van der Waals surface area contributed by atoms with Crippen LogP contribution < -0.4 is 4.72 Å². The van der Waals surface area contributed by atoms with E-state index >= 15 is 0 Å². The van der Waals surface area contributed by atoms with Gasteiger partial charge in [-0.1, -0.05) is 15.9 Å². The van der Waals surface area contributed by atoms with Crippen LogP contribution in [-0.2, 0) is 16.6 Å². The van der Waals surface area contributed by atoms with Gasteiger partial charge in [-0.2, -0.15) is 5.10 Å². The van der Waals surface area contributed by atoms with E-state index in [1.807, 2.05) is 4.68 Å². The lowest BCUT2D eigenvalue weighted by Gasteiger charge is -2.09. The van der Waals surface area contributed by atoms with E-state index in [0.29, 0.717) is 24.9 Å². The molecule has 0 saturated heterocycles. The molecular weight excluding hydrogens is 390 g/mol. The number of rotatable bonds is 7. The van der Waals surface area contributed by atoms with Crippen molar-refractivity contribution >= 4 is 26.0 Å². The third-order valence-electron chi connectivity index (χ3n) is 4.56. The van der Waals surface area contributed by atoms with Crippen LogP contribution >= 0.6 is 15.9 Å². The molecule has 2 fully saturated rings. The highest BCUT2D eigenvalue weighted by atomic mass is 79.9. The summed E-state index contributed by atoms with van der Waals surface area (Å²) in [6, 6.07) is 8.89. The number of halogens is 1. The zero-order chi connectivity index (χ0) is 16.7. The first-order valence-electron chi connectivity index (χ1n) is 8.36. The number of benzene rings is 1. The fourth-order valence-electron chi connectivity index (χ4n) is 2.90. The summed E-state index contributed by atoms with van der Waals surface area (Å²) in [6.07, 6.45) is 4.91. The van der Waals surface area contributed by atoms with Crippen molar-refractivity contribution in [3.63, 3.8) is 0 Å². The molecule has 128 valence electrons. The lowest BCUT2D eigenvalue weighted by molar-refractivity contribution is 0.548. The SMILES string of the molecule is O=S(=O)(NCCn1nc(C2CC2)cc1C1CC1)c1ccc(Br)cc1. The van der Waals surface area contributed by atoms with Crippen molar-refractivity contribution < 1.29 is 8.42 Å². The Morgan fingerprint density at radius 2 is 1.79 bits per heavy atom. The fourth-order valence-corrected chi connectivity index (χ4v) is 4.19. The molecule has 0 amide bonds. The maximum Gasteiger partial charge on any atom is 0.240 e. The quantitative estimate of drug-likeness (QED) is 0.761. The highest BCUT2D eigenvalue weighted by molar-refractivity contribution is 9.10. The monoisotopic (exact) mass is 409 g/mol. The highest BCUT2D eigenvalue weighted by Crippen LogP contribution is 2.44. The summed E-state index contributed by atoms with van der Waals surface area (Å²) in [6.45, 7) is 0.929. The van der Waals surface area contributed by atoms with Gasteiger partial charge in [0.1, 0.15) is 0 Å². The molecule has 1 heterocycles. The molecule has 0 unspecified atom stereocenters. The van der Waals surface area contributed by atoms with Gasteiger partial charge in [0, 0.05) is 28.5 Å². The molecule has 2 aromatic rings. The van der Waals surface area contributed by atoms with Crippen LogP contribution in [0.25, 0.3) is 0 Å². The Bertz CT molecular complexity index is 837. The topological polar surface area (TPSA) is 64.0 Å². The highest BCUT2D eigenvalue weighted by Gasteiger charge is 2.32. The summed E-state index contributed by atoms with van der Waals surface area (Å²) >= 11 is 3.31. The normalized spacial score (nSPS) is 18.0. The van der Waals surface area contributed by atoms with Crippen LogP contribution in [0.1, 0.15) is 48.9 Å². The standard InChI is InChI=1S/C17H20BrN3O2S/c18-14-5-7-15(8-6-14)24(22,23)19-9-10-21-17(13-3-4-13)11-16(20-21)12-1-2-12/h5-8,11-13,19H,1-4,9-10H2. The van der Waals surface area contributed by atoms with E-state index in [1.54, 1.807) is 24.3 Å². The van der Waals surface area contributed by atoms with E-state index < -0.39 is 10.0 Å². The van der Waals surface area contributed by atoms with Crippen LogP contribution in [0.15, 0.2) is 39.7 Å². The summed E-state index contributed by atoms with van der Waals surface area (Å²) in [5, 5.41) is 4.71. The first-order chi connectivity index (χ1) is 11.5. The number of nitrogens with zero attached hydrogens (tertiary/aromatic N) is 2. The molecule has 5 nitrogen and oxygen atoms in total. The predicted molar refractivity (Wildman–Crippen MR) is 95.5 cm³/mol. The van der Waals surface area contributed by atoms with Gasteiger partial charge in [-0.3, -0.25) is 4.68 Å². The first kappa shape index (κ1) is 16.3. The molecule has 24 heavy (non-hydrogen) atoms. The Balaban J connectivity index is 1.42. The Kier molecular flexibility index (Phi) is 4.26. The van der Waals surface area contributed by atoms with Gasteiger partial charge in [-0.25, -0.2) is 13.1 Å². The number of nitrogens with one attached hydrogen (secondary N) is 1. The number of aromatic nitrogens is 2. The Morgan fingerprint density at radius 3 is 2.42 bits per heavy atom. The summed E-state index contributed by atoms with van der Waals surface area (Å²) < 4.78 is 30.2. The van der Waals surface area contributed by atoms with Crippen LogP contribution in [0.2, 0.25) is 0 Å². The van der Waals surface area contributed by atoms with Crippen molar-refractivity contribution in [3.05, 3.63) is 46.2 Å². The van der Waals surface area contributed by atoms with Crippen molar-refractivity contribution in [2.24, 2.45) is 0 Å². The van der Waals surface area contributed by atoms with Gasteiger partial charge in [0.05, 0.1) is 17.1 Å². The summed E-state index contributed by atoms with van der Waals surface area (Å²) in [5.41, 5.74) is 2.47. The molecule has 0 spiro atoms. The minimum Gasteiger partial charge on any atom is -0.268 e. The van der Waals surface area contributed by atoms with E-state index in [2.05, 4.69) is 26.7 Å². The van der Waals surface area contributed by atoms with Crippen LogP contribution in [-0.4, -0.2) is 24.7 Å². The van der Waals surface area contributed by atoms with Gasteiger partial charge >= 0.3 is 0 Å². The Hall–Kier alpha value is -1.18. The maximum absolute atomic E-state index is 12.3. The van der Waals surface area contributed by atoms with Gasteiger partial charge in [-0.15, -0.1) is 0 Å². The number of sulfonamides is 1. The predicted octanol–water partition coefficient (Wildman–Crippen LogP) is 3.38. The molecule has 7 heteroatoms. The third-order valence-corrected chi connectivity index (χ3v) is 6.57. The minimum absolute atomic E-state index is 0.284. The Morgan fingerprint density at radius 1 is 1.12 bits per heavy atom. The van der Waals surface area contributed by atoms with Crippen LogP contribution in [0.3, 0.4) is 0 Å². The molecule has 1 aromatic heterocycles. The molecule has 0 aliphatic heterocycles. The summed E-state index contributed by atoms with van der Waals surface area (Å²) in [5.74, 6) is 1.25. The van der Waals surface area contributed by atoms with Crippen molar-refractivity contribution in [2.75, 3.05) is 6.54 Å². The van der Waals surface area contributed by atoms with E-state index in [-0.39, 0.29) is 4.90 Å². The molecule has 1 N–H and O–H groups in total. The zero-order valence-corrected chi connectivity index (χ0v) is 15.7. The molecule has 2 aliphatic carbocycles. The van der Waals surface area contributed by atoms with E-state index in [9.17, 15) is 8.42 Å². The minimum atomic E-state index is -3.47. The lowest BCUT2D eigenvalue weighted by atomic mass is 10.2. The summed E-state index contributed by atoms with van der Waals surface area (Å²) in [7, 11) is -3.47. The first-order valence-corrected chi connectivity index (χ1v) is 10.6. The van der Waals surface area contributed by atoms with Gasteiger partial charge < -0.3 is 0 Å². The molecule has 0 atom stereocenters. The van der Waals surface area contributed by atoms with Gasteiger partial charge in [0.15, 0.2) is 0 Å². The lowest BCUT2D eigenvalue weighted by Crippen LogP contribution is -2.28. The molecule has 0 bridgehead atoms. The Labute approximate surface area is 150 Å². The van der Waals surface area contributed by atoms with Crippen LogP contribution in [0.5, 0.6) is 0 Å².